The quantitative estimate of drug-likeness (QED) is 0.796. The first kappa shape index (κ1) is 14.6. The summed E-state index contributed by atoms with van der Waals surface area (Å²) in [4.78, 5) is 23.7. The molecule has 4 heteroatoms. The van der Waals surface area contributed by atoms with E-state index in [4.69, 9.17) is 9.47 Å². The van der Waals surface area contributed by atoms with E-state index in [-0.39, 0.29) is 29.7 Å². The van der Waals surface area contributed by atoms with Crippen LogP contribution in [0.15, 0.2) is 30.3 Å². The molecule has 0 radical (unpaired) electrons. The zero-order valence-corrected chi connectivity index (χ0v) is 11.9. The van der Waals surface area contributed by atoms with Crippen LogP contribution in [-0.4, -0.2) is 26.2 Å². The van der Waals surface area contributed by atoms with E-state index in [1.807, 2.05) is 30.3 Å². The van der Waals surface area contributed by atoms with Gasteiger partial charge in [-0.05, 0) is 30.7 Å². The first-order chi connectivity index (χ1) is 9.67. The predicted molar refractivity (Wildman–Crippen MR) is 74.0 cm³/mol. The summed E-state index contributed by atoms with van der Waals surface area (Å²) in [7, 11) is 2.82. The molecule has 0 spiro atoms. The lowest BCUT2D eigenvalue weighted by atomic mass is 9.71. The summed E-state index contributed by atoms with van der Waals surface area (Å²) in [6.07, 6.45) is 1.97. The highest BCUT2D eigenvalue weighted by Gasteiger charge is 2.39. The molecule has 0 aromatic heterocycles. The minimum Gasteiger partial charge on any atom is -0.469 e. The lowest BCUT2D eigenvalue weighted by molar-refractivity contribution is -0.152. The molecule has 2 rings (SSSR count). The van der Waals surface area contributed by atoms with Crippen LogP contribution in [0, 0.1) is 11.8 Å². The molecule has 0 saturated heterocycles. The van der Waals surface area contributed by atoms with E-state index in [2.05, 4.69) is 0 Å². The molecule has 0 N–H and O–H groups in total. The second-order valence-corrected chi connectivity index (χ2v) is 5.18. The van der Waals surface area contributed by atoms with Gasteiger partial charge in [0.2, 0.25) is 0 Å². The van der Waals surface area contributed by atoms with Crippen molar-refractivity contribution >= 4 is 11.9 Å². The Balaban J connectivity index is 2.23. The van der Waals surface area contributed by atoms with E-state index in [9.17, 15) is 9.59 Å². The number of carbonyl (C=O) groups excluding carboxylic acids is 2. The number of carbonyl (C=O) groups is 2. The highest BCUT2D eigenvalue weighted by molar-refractivity contribution is 5.76. The number of esters is 2. The smallest absolute Gasteiger partial charge is 0.309 e. The van der Waals surface area contributed by atoms with Crippen LogP contribution in [0.3, 0.4) is 0 Å². The molecule has 1 aromatic carbocycles. The highest BCUT2D eigenvalue weighted by atomic mass is 16.5. The van der Waals surface area contributed by atoms with Crippen LogP contribution in [0.5, 0.6) is 0 Å². The van der Waals surface area contributed by atoms with Crippen molar-refractivity contribution in [2.24, 2.45) is 11.8 Å². The first-order valence-corrected chi connectivity index (χ1v) is 6.88. The van der Waals surface area contributed by atoms with Gasteiger partial charge in [-0.15, -0.1) is 0 Å². The summed E-state index contributed by atoms with van der Waals surface area (Å²) in [6, 6.07) is 9.84. The Morgan fingerprint density at radius 3 is 2.25 bits per heavy atom. The normalized spacial score (nSPS) is 25.8. The van der Waals surface area contributed by atoms with Gasteiger partial charge in [-0.2, -0.15) is 0 Å². The molecule has 0 aliphatic heterocycles. The number of methoxy groups -OCH3 is 2. The molecule has 1 saturated carbocycles. The molecule has 0 heterocycles. The highest BCUT2D eigenvalue weighted by Crippen LogP contribution is 2.41. The van der Waals surface area contributed by atoms with E-state index < -0.39 is 0 Å². The number of hydrogen-bond donors (Lipinski definition) is 0. The average Bonchev–Trinajstić information content (AvgIpc) is 2.53. The van der Waals surface area contributed by atoms with Crippen LogP contribution >= 0.6 is 0 Å². The molecule has 1 aromatic rings. The molecule has 1 aliphatic carbocycles. The van der Waals surface area contributed by atoms with Crippen molar-refractivity contribution in [2.45, 2.75) is 25.2 Å². The lowest BCUT2D eigenvalue weighted by Gasteiger charge is -2.33. The number of ether oxygens (including phenoxy) is 2. The number of rotatable bonds is 3. The number of hydrogen-bond acceptors (Lipinski definition) is 4. The fourth-order valence-electron chi connectivity index (χ4n) is 3.05. The number of benzene rings is 1. The molecule has 108 valence electrons. The fraction of sp³-hybridized carbons (Fsp3) is 0.500. The van der Waals surface area contributed by atoms with Crippen molar-refractivity contribution in [3.63, 3.8) is 0 Å². The molecule has 0 amide bonds. The summed E-state index contributed by atoms with van der Waals surface area (Å²) in [6.45, 7) is 0. The summed E-state index contributed by atoms with van der Waals surface area (Å²) in [5.74, 6) is -0.674. The van der Waals surface area contributed by atoms with Crippen LogP contribution in [0.1, 0.15) is 30.7 Å². The zero-order valence-electron chi connectivity index (χ0n) is 11.9. The Hall–Kier alpha value is -1.84. The van der Waals surface area contributed by atoms with E-state index in [0.717, 1.165) is 5.56 Å². The molecular weight excluding hydrogens is 256 g/mol. The molecular formula is C16H20O4. The van der Waals surface area contributed by atoms with E-state index in [1.165, 1.54) is 14.2 Å². The monoisotopic (exact) mass is 276 g/mol. The lowest BCUT2D eigenvalue weighted by Crippen LogP contribution is -2.33. The minimum atomic E-state index is -0.192. The van der Waals surface area contributed by atoms with E-state index in [1.54, 1.807) is 0 Å². The van der Waals surface area contributed by atoms with Gasteiger partial charge in [-0.25, -0.2) is 0 Å². The van der Waals surface area contributed by atoms with E-state index >= 15 is 0 Å². The van der Waals surface area contributed by atoms with Gasteiger partial charge in [-0.1, -0.05) is 30.3 Å². The van der Waals surface area contributed by atoms with E-state index in [0.29, 0.717) is 19.3 Å². The molecule has 1 fully saturated rings. The maximum Gasteiger partial charge on any atom is 0.309 e. The van der Waals surface area contributed by atoms with Gasteiger partial charge in [0.25, 0.3) is 0 Å². The Morgan fingerprint density at radius 1 is 1.00 bits per heavy atom. The first-order valence-electron chi connectivity index (χ1n) is 6.88. The second kappa shape index (κ2) is 6.55. The standard InChI is InChI=1S/C16H20O4/c1-19-15(17)12-8-9-13(16(18)20-2)14(10-12)11-6-4-3-5-7-11/h3-7,12-14H,8-10H2,1-2H3/t12-,13+,14-/m1/s1. The second-order valence-electron chi connectivity index (χ2n) is 5.18. The fourth-order valence-corrected chi connectivity index (χ4v) is 3.05. The summed E-state index contributed by atoms with van der Waals surface area (Å²) in [5.41, 5.74) is 1.08. The minimum absolute atomic E-state index is 0.0153. The van der Waals surface area contributed by atoms with Crippen LogP contribution < -0.4 is 0 Å². The SMILES string of the molecule is COC(=O)[C@@H]1CC[C@H](C(=O)OC)[C@@H](c2ccccc2)C1. The molecule has 3 atom stereocenters. The molecule has 20 heavy (non-hydrogen) atoms. The van der Waals surface area contributed by atoms with Gasteiger partial charge in [0.1, 0.15) is 0 Å². The van der Waals surface area contributed by atoms with Crippen LogP contribution in [0.2, 0.25) is 0 Å². The third kappa shape index (κ3) is 3.00. The summed E-state index contributed by atoms with van der Waals surface area (Å²) >= 11 is 0. The van der Waals surface area contributed by atoms with Gasteiger partial charge < -0.3 is 9.47 Å². The third-order valence-electron chi connectivity index (χ3n) is 4.12. The summed E-state index contributed by atoms with van der Waals surface area (Å²) < 4.78 is 9.75. The van der Waals surface area contributed by atoms with Crippen LogP contribution in [0.25, 0.3) is 0 Å². The van der Waals surface area contributed by atoms with Crippen molar-refractivity contribution in [1.82, 2.24) is 0 Å². The Kier molecular flexibility index (Phi) is 4.77. The van der Waals surface area contributed by atoms with Gasteiger partial charge in [0.05, 0.1) is 26.1 Å². The van der Waals surface area contributed by atoms with Gasteiger partial charge in [0, 0.05) is 0 Å². The molecule has 4 nitrogen and oxygen atoms in total. The summed E-state index contributed by atoms with van der Waals surface area (Å²) in [5, 5.41) is 0. The maximum atomic E-state index is 12.0. The largest absolute Gasteiger partial charge is 0.469 e. The zero-order chi connectivity index (χ0) is 14.5. The third-order valence-corrected chi connectivity index (χ3v) is 4.12. The molecule has 0 bridgehead atoms. The van der Waals surface area contributed by atoms with Gasteiger partial charge in [-0.3, -0.25) is 9.59 Å². The maximum absolute atomic E-state index is 12.0. The predicted octanol–water partition coefficient (Wildman–Crippen LogP) is 2.53. The Labute approximate surface area is 119 Å². The Bertz CT molecular complexity index is 469. The topological polar surface area (TPSA) is 52.6 Å². The van der Waals surface area contributed by atoms with Crippen molar-refractivity contribution in [2.75, 3.05) is 14.2 Å². The van der Waals surface area contributed by atoms with Gasteiger partial charge >= 0.3 is 11.9 Å². The molecule has 0 unspecified atom stereocenters. The van der Waals surface area contributed by atoms with Crippen molar-refractivity contribution in [3.8, 4) is 0 Å². The van der Waals surface area contributed by atoms with Crippen molar-refractivity contribution in [3.05, 3.63) is 35.9 Å². The Morgan fingerprint density at radius 2 is 1.65 bits per heavy atom. The van der Waals surface area contributed by atoms with Crippen LogP contribution in [-0.2, 0) is 19.1 Å². The van der Waals surface area contributed by atoms with Crippen LogP contribution in [0.4, 0.5) is 0 Å². The van der Waals surface area contributed by atoms with Crippen molar-refractivity contribution in [1.29, 1.82) is 0 Å². The molecule has 1 aliphatic rings. The van der Waals surface area contributed by atoms with Crippen molar-refractivity contribution < 1.29 is 19.1 Å². The van der Waals surface area contributed by atoms with Gasteiger partial charge in [0.15, 0.2) is 0 Å². The average molecular weight is 276 g/mol.